The average molecular weight is 302 g/mol. The number of rotatable bonds is 4. The Bertz CT molecular complexity index is 615. The van der Waals surface area contributed by atoms with Gasteiger partial charge >= 0.3 is 5.97 Å². The molecule has 0 fully saturated rings. The maximum absolute atomic E-state index is 12.4. The fraction of sp³-hybridized carbons (Fsp3) is 0.235. The minimum Gasteiger partial charge on any atom is -0.497 e. The van der Waals surface area contributed by atoms with E-state index in [9.17, 15) is 4.79 Å². The van der Waals surface area contributed by atoms with E-state index in [1.165, 1.54) is 0 Å². The maximum atomic E-state index is 12.4. The molecule has 0 aliphatic carbocycles. The topological polar surface area (TPSA) is 35.5 Å². The van der Waals surface area contributed by atoms with E-state index < -0.39 is 5.41 Å². The molecule has 0 spiro atoms. The average Bonchev–Trinajstić information content (AvgIpc) is 2.49. The van der Waals surface area contributed by atoms with Crippen LogP contribution in [0.2, 0.25) is 0 Å². The zero-order valence-corrected chi connectivity index (χ0v) is 13.2. The number of thiol groups is 1. The number of ether oxygens (including phenoxy) is 2. The summed E-state index contributed by atoms with van der Waals surface area (Å²) in [5.41, 5.74) is 0.130. The number of hydrogen-bond acceptors (Lipinski definition) is 4. The van der Waals surface area contributed by atoms with E-state index >= 15 is 0 Å². The Morgan fingerprint density at radius 1 is 0.952 bits per heavy atom. The van der Waals surface area contributed by atoms with Crippen molar-refractivity contribution in [2.75, 3.05) is 7.11 Å². The summed E-state index contributed by atoms with van der Waals surface area (Å²) < 4.78 is 10.6. The molecule has 4 heteroatoms. The summed E-state index contributed by atoms with van der Waals surface area (Å²) in [7, 11) is 1.61. The number of methoxy groups -OCH3 is 1. The Morgan fingerprint density at radius 3 is 2.00 bits per heavy atom. The Morgan fingerprint density at radius 2 is 1.48 bits per heavy atom. The highest BCUT2D eigenvalue weighted by atomic mass is 32.1. The minimum absolute atomic E-state index is 0.306. The molecule has 0 aliphatic rings. The third-order valence-corrected chi connectivity index (χ3v) is 3.67. The van der Waals surface area contributed by atoms with Gasteiger partial charge in [-0.3, -0.25) is 4.79 Å². The molecule has 2 rings (SSSR count). The number of carbonyl (C=O) groups is 1. The molecule has 2 aromatic carbocycles. The Balaban J connectivity index is 2.17. The molecule has 2 aromatic rings. The van der Waals surface area contributed by atoms with Crippen LogP contribution < -0.4 is 9.47 Å². The van der Waals surface area contributed by atoms with Gasteiger partial charge in [-0.25, -0.2) is 0 Å². The molecule has 3 nitrogen and oxygen atoms in total. The standard InChI is InChI=1S/C17H18O3S/c1-17(2,12-4-6-13(19-3)7-5-12)16(18)20-14-8-10-15(21)11-9-14/h4-11,21H,1-3H3. The van der Waals surface area contributed by atoms with Crippen LogP contribution in [-0.2, 0) is 10.2 Å². The van der Waals surface area contributed by atoms with Crippen molar-refractivity contribution in [3.63, 3.8) is 0 Å². The molecule has 0 unspecified atom stereocenters. The van der Waals surface area contributed by atoms with Gasteiger partial charge in [-0.15, -0.1) is 12.6 Å². The zero-order chi connectivity index (χ0) is 15.5. The van der Waals surface area contributed by atoms with Crippen molar-refractivity contribution in [1.82, 2.24) is 0 Å². The van der Waals surface area contributed by atoms with Gasteiger partial charge in [-0.2, -0.15) is 0 Å². The van der Waals surface area contributed by atoms with Crippen molar-refractivity contribution in [2.45, 2.75) is 24.2 Å². The maximum Gasteiger partial charge on any atom is 0.321 e. The predicted molar refractivity (Wildman–Crippen MR) is 85.3 cm³/mol. The van der Waals surface area contributed by atoms with Gasteiger partial charge in [0.1, 0.15) is 11.5 Å². The molecular formula is C17H18O3S. The number of benzene rings is 2. The Kier molecular flexibility index (Phi) is 4.58. The molecule has 0 saturated carbocycles. The molecule has 0 atom stereocenters. The second kappa shape index (κ2) is 6.22. The molecule has 0 heterocycles. The summed E-state index contributed by atoms with van der Waals surface area (Å²) in [6, 6.07) is 14.4. The third-order valence-electron chi connectivity index (χ3n) is 3.37. The molecule has 21 heavy (non-hydrogen) atoms. The lowest BCUT2D eigenvalue weighted by atomic mass is 9.85. The summed E-state index contributed by atoms with van der Waals surface area (Å²) in [6.07, 6.45) is 0. The first-order chi connectivity index (χ1) is 9.93. The second-order valence-electron chi connectivity index (χ2n) is 5.24. The van der Waals surface area contributed by atoms with Gasteiger partial charge in [0.25, 0.3) is 0 Å². The quantitative estimate of drug-likeness (QED) is 0.529. The van der Waals surface area contributed by atoms with Crippen molar-refractivity contribution in [3.05, 3.63) is 54.1 Å². The normalized spacial score (nSPS) is 11.0. The molecule has 0 saturated heterocycles. The summed E-state index contributed by atoms with van der Waals surface area (Å²) in [5, 5.41) is 0. The van der Waals surface area contributed by atoms with Gasteiger partial charge in [0, 0.05) is 4.90 Å². The second-order valence-corrected chi connectivity index (χ2v) is 5.75. The van der Waals surface area contributed by atoms with Crippen LogP contribution in [0.25, 0.3) is 0 Å². The predicted octanol–water partition coefficient (Wildman–Crippen LogP) is 3.87. The monoisotopic (exact) mass is 302 g/mol. The van der Waals surface area contributed by atoms with Crippen LogP contribution in [0.3, 0.4) is 0 Å². The van der Waals surface area contributed by atoms with Crippen LogP contribution in [-0.4, -0.2) is 13.1 Å². The van der Waals surface area contributed by atoms with E-state index in [4.69, 9.17) is 9.47 Å². The van der Waals surface area contributed by atoms with Gasteiger partial charge in [-0.1, -0.05) is 12.1 Å². The van der Waals surface area contributed by atoms with E-state index in [2.05, 4.69) is 12.6 Å². The first-order valence-corrected chi connectivity index (χ1v) is 7.04. The van der Waals surface area contributed by atoms with Gasteiger partial charge in [0.15, 0.2) is 0 Å². The minimum atomic E-state index is -0.744. The van der Waals surface area contributed by atoms with Gasteiger partial charge < -0.3 is 9.47 Å². The van der Waals surface area contributed by atoms with E-state index in [1.807, 2.05) is 38.1 Å². The van der Waals surface area contributed by atoms with E-state index in [-0.39, 0.29) is 5.97 Å². The summed E-state index contributed by atoms with van der Waals surface area (Å²) in [4.78, 5) is 13.2. The van der Waals surface area contributed by atoms with Crippen molar-refractivity contribution in [1.29, 1.82) is 0 Å². The highest BCUT2D eigenvalue weighted by molar-refractivity contribution is 7.80. The Labute approximate surface area is 130 Å². The zero-order valence-electron chi connectivity index (χ0n) is 12.3. The number of carbonyl (C=O) groups excluding carboxylic acids is 1. The van der Waals surface area contributed by atoms with Crippen LogP contribution in [0.15, 0.2) is 53.4 Å². The Hall–Kier alpha value is -1.94. The third kappa shape index (κ3) is 3.58. The van der Waals surface area contributed by atoms with Gasteiger partial charge in [0.2, 0.25) is 0 Å². The SMILES string of the molecule is COc1ccc(C(C)(C)C(=O)Oc2ccc(S)cc2)cc1. The molecular weight excluding hydrogens is 284 g/mol. The number of hydrogen-bond donors (Lipinski definition) is 1. The molecule has 0 aromatic heterocycles. The van der Waals surface area contributed by atoms with Crippen LogP contribution in [0.4, 0.5) is 0 Å². The van der Waals surface area contributed by atoms with Crippen LogP contribution in [0, 0.1) is 0 Å². The van der Waals surface area contributed by atoms with Gasteiger partial charge in [0.05, 0.1) is 12.5 Å². The highest BCUT2D eigenvalue weighted by Gasteiger charge is 2.32. The fourth-order valence-electron chi connectivity index (χ4n) is 1.87. The van der Waals surface area contributed by atoms with Crippen LogP contribution in [0.5, 0.6) is 11.5 Å². The largest absolute Gasteiger partial charge is 0.497 e. The fourth-order valence-corrected chi connectivity index (χ4v) is 2.02. The van der Waals surface area contributed by atoms with Crippen LogP contribution >= 0.6 is 12.6 Å². The number of esters is 1. The van der Waals surface area contributed by atoms with Crippen molar-refractivity contribution in [2.24, 2.45) is 0 Å². The lowest BCUT2D eigenvalue weighted by molar-refractivity contribution is -0.139. The summed E-state index contributed by atoms with van der Waals surface area (Å²) in [6.45, 7) is 3.67. The van der Waals surface area contributed by atoms with Crippen LogP contribution in [0.1, 0.15) is 19.4 Å². The smallest absolute Gasteiger partial charge is 0.321 e. The van der Waals surface area contributed by atoms with E-state index in [0.29, 0.717) is 5.75 Å². The lowest BCUT2D eigenvalue weighted by Gasteiger charge is -2.23. The van der Waals surface area contributed by atoms with Crippen molar-refractivity contribution in [3.8, 4) is 11.5 Å². The summed E-state index contributed by atoms with van der Waals surface area (Å²) in [5.74, 6) is 0.964. The lowest BCUT2D eigenvalue weighted by Crippen LogP contribution is -2.33. The molecule has 0 radical (unpaired) electrons. The first kappa shape index (κ1) is 15.4. The van der Waals surface area contributed by atoms with Crippen molar-refractivity contribution < 1.29 is 14.3 Å². The molecule has 0 amide bonds. The van der Waals surface area contributed by atoms with Gasteiger partial charge in [-0.05, 0) is 55.8 Å². The molecule has 0 aliphatic heterocycles. The molecule has 0 bridgehead atoms. The molecule has 0 N–H and O–H groups in total. The van der Waals surface area contributed by atoms with E-state index in [1.54, 1.807) is 31.4 Å². The van der Waals surface area contributed by atoms with Crippen molar-refractivity contribution >= 4 is 18.6 Å². The van der Waals surface area contributed by atoms with E-state index in [0.717, 1.165) is 16.2 Å². The first-order valence-electron chi connectivity index (χ1n) is 6.59. The molecule has 110 valence electrons. The highest BCUT2D eigenvalue weighted by Crippen LogP contribution is 2.27. The summed E-state index contributed by atoms with van der Waals surface area (Å²) >= 11 is 4.20.